The lowest BCUT2D eigenvalue weighted by Crippen LogP contribution is -2.38. The summed E-state index contributed by atoms with van der Waals surface area (Å²) in [6.45, 7) is 0.185. The molecule has 2 amide bonds. The monoisotopic (exact) mass is 421 g/mol. The van der Waals surface area contributed by atoms with Crippen LogP contribution >= 0.6 is 23.2 Å². The number of rotatable bonds is 4. The Morgan fingerprint density at radius 2 is 1.17 bits per heavy atom. The Labute approximate surface area is 178 Å². The van der Waals surface area contributed by atoms with Crippen LogP contribution in [0.4, 0.5) is 0 Å². The SMILES string of the molecule is O=C1C2C(C(=O)N1Cc1cc(Cl)cc(Cl)c1)C2(c1ccccc1)c1ccccc1. The molecule has 2 unspecified atom stereocenters. The topological polar surface area (TPSA) is 37.4 Å². The van der Waals surface area contributed by atoms with Crippen LogP contribution in [-0.4, -0.2) is 16.7 Å². The number of hydrogen-bond donors (Lipinski definition) is 0. The number of carbonyl (C=O) groups is 2. The lowest BCUT2D eigenvalue weighted by Gasteiger charge is -2.26. The number of likely N-dealkylation sites (tertiary alicyclic amines) is 1. The molecule has 3 nitrogen and oxygen atoms in total. The minimum atomic E-state index is -0.584. The summed E-state index contributed by atoms with van der Waals surface area (Å²) in [6, 6.07) is 24.8. The molecule has 144 valence electrons. The summed E-state index contributed by atoms with van der Waals surface area (Å²) in [7, 11) is 0. The number of hydrogen-bond acceptors (Lipinski definition) is 2. The first-order chi connectivity index (χ1) is 14.0. The van der Waals surface area contributed by atoms with E-state index in [0.717, 1.165) is 16.7 Å². The molecule has 3 aromatic rings. The molecule has 1 saturated carbocycles. The number of amides is 2. The summed E-state index contributed by atoms with van der Waals surface area (Å²) >= 11 is 12.2. The van der Waals surface area contributed by atoms with E-state index < -0.39 is 5.41 Å². The van der Waals surface area contributed by atoms with Crippen molar-refractivity contribution in [1.29, 1.82) is 0 Å². The molecular formula is C24H17Cl2NO2. The lowest BCUT2D eigenvalue weighted by molar-refractivity contribution is -0.142. The van der Waals surface area contributed by atoms with Gasteiger partial charge in [-0.05, 0) is 34.9 Å². The van der Waals surface area contributed by atoms with Gasteiger partial charge in [-0.1, -0.05) is 83.9 Å². The molecular weight excluding hydrogens is 405 g/mol. The van der Waals surface area contributed by atoms with Gasteiger partial charge in [-0.15, -0.1) is 0 Å². The quantitative estimate of drug-likeness (QED) is 0.549. The van der Waals surface area contributed by atoms with E-state index in [1.807, 2.05) is 60.7 Å². The van der Waals surface area contributed by atoms with Crippen LogP contribution in [0, 0.1) is 11.8 Å². The molecule has 5 heteroatoms. The Morgan fingerprint density at radius 3 is 1.62 bits per heavy atom. The normalized spacial score (nSPS) is 21.9. The molecule has 0 radical (unpaired) electrons. The van der Waals surface area contributed by atoms with Crippen molar-refractivity contribution in [2.75, 3.05) is 0 Å². The molecule has 0 bridgehead atoms. The maximum atomic E-state index is 13.3. The average molecular weight is 422 g/mol. The van der Waals surface area contributed by atoms with Crippen molar-refractivity contribution in [2.24, 2.45) is 11.8 Å². The van der Waals surface area contributed by atoms with Crippen LogP contribution in [-0.2, 0) is 21.5 Å². The summed E-state index contributed by atoms with van der Waals surface area (Å²) in [5.41, 5.74) is 2.18. The lowest BCUT2D eigenvalue weighted by atomic mass is 9.83. The standard InChI is InChI=1S/C24H17Cl2NO2/c25-18-11-15(12-19(26)13-18)14-27-22(28)20-21(23(27)29)24(20,16-7-3-1-4-8-16)17-9-5-2-6-10-17/h1-13,20-21H,14H2. The summed E-state index contributed by atoms with van der Waals surface area (Å²) < 4.78 is 0. The average Bonchev–Trinajstić information content (AvgIpc) is 3.36. The molecule has 1 heterocycles. The Hall–Kier alpha value is -2.62. The van der Waals surface area contributed by atoms with E-state index in [9.17, 15) is 9.59 Å². The van der Waals surface area contributed by atoms with Crippen molar-refractivity contribution in [3.05, 3.63) is 106 Å². The van der Waals surface area contributed by atoms with Crippen LogP contribution in [0.2, 0.25) is 10.0 Å². The van der Waals surface area contributed by atoms with Crippen LogP contribution in [0.3, 0.4) is 0 Å². The predicted octanol–water partition coefficient (Wildman–Crippen LogP) is 5.09. The van der Waals surface area contributed by atoms with Crippen LogP contribution in [0.15, 0.2) is 78.9 Å². The second-order valence-corrected chi connectivity index (χ2v) is 8.47. The number of benzene rings is 3. The van der Waals surface area contributed by atoms with Crippen molar-refractivity contribution in [3.63, 3.8) is 0 Å². The van der Waals surface area contributed by atoms with Gasteiger partial charge in [0.2, 0.25) is 11.8 Å². The van der Waals surface area contributed by atoms with E-state index in [4.69, 9.17) is 23.2 Å². The summed E-state index contributed by atoms with van der Waals surface area (Å²) in [6.07, 6.45) is 0. The molecule has 1 saturated heterocycles. The number of piperidine rings is 1. The van der Waals surface area contributed by atoms with Crippen LogP contribution in [0.5, 0.6) is 0 Å². The first-order valence-electron chi connectivity index (χ1n) is 9.44. The Morgan fingerprint density at radius 1 is 0.724 bits per heavy atom. The van der Waals surface area contributed by atoms with Crippen LogP contribution in [0.1, 0.15) is 16.7 Å². The highest BCUT2D eigenvalue weighted by Crippen LogP contribution is 2.68. The van der Waals surface area contributed by atoms with Crippen molar-refractivity contribution in [2.45, 2.75) is 12.0 Å². The smallest absolute Gasteiger partial charge is 0.234 e. The van der Waals surface area contributed by atoms with Gasteiger partial charge in [0.1, 0.15) is 0 Å². The molecule has 0 spiro atoms. The molecule has 3 aromatic carbocycles. The van der Waals surface area contributed by atoms with Crippen LogP contribution < -0.4 is 0 Å². The number of halogens is 2. The zero-order chi connectivity index (χ0) is 20.2. The van der Waals surface area contributed by atoms with Crippen molar-refractivity contribution in [1.82, 2.24) is 4.90 Å². The van der Waals surface area contributed by atoms with E-state index in [1.165, 1.54) is 4.90 Å². The van der Waals surface area contributed by atoms with E-state index in [1.54, 1.807) is 18.2 Å². The van der Waals surface area contributed by atoms with Crippen LogP contribution in [0.25, 0.3) is 0 Å². The number of fused-ring (bicyclic) bond motifs is 1. The van der Waals surface area contributed by atoms with Gasteiger partial charge in [0.15, 0.2) is 0 Å². The molecule has 29 heavy (non-hydrogen) atoms. The van der Waals surface area contributed by atoms with Gasteiger partial charge in [0, 0.05) is 15.5 Å². The van der Waals surface area contributed by atoms with Gasteiger partial charge in [-0.3, -0.25) is 14.5 Å². The van der Waals surface area contributed by atoms with E-state index >= 15 is 0 Å². The third-order valence-electron chi connectivity index (χ3n) is 6.04. The molecule has 0 aromatic heterocycles. The van der Waals surface area contributed by atoms with Gasteiger partial charge in [0.25, 0.3) is 0 Å². The molecule has 5 rings (SSSR count). The van der Waals surface area contributed by atoms with Gasteiger partial charge >= 0.3 is 0 Å². The molecule has 1 aliphatic heterocycles. The van der Waals surface area contributed by atoms with E-state index in [2.05, 4.69) is 0 Å². The highest BCUT2D eigenvalue weighted by molar-refractivity contribution is 6.34. The number of nitrogens with zero attached hydrogens (tertiary/aromatic N) is 1. The van der Waals surface area contributed by atoms with Crippen molar-refractivity contribution >= 4 is 35.0 Å². The summed E-state index contributed by atoms with van der Waals surface area (Å²) in [4.78, 5) is 28.0. The molecule has 2 atom stereocenters. The third kappa shape index (κ3) is 2.72. The maximum absolute atomic E-state index is 13.3. The zero-order valence-electron chi connectivity index (χ0n) is 15.4. The minimum Gasteiger partial charge on any atom is -0.278 e. The molecule has 1 aliphatic carbocycles. The van der Waals surface area contributed by atoms with Gasteiger partial charge < -0.3 is 0 Å². The Kier molecular flexibility index (Phi) is 4.27. The number of imide groups is 1. The second kappa shape index (κ2) is 6.72. The molecule has 2 aliphatic rings. The highest BCUT2D eigenvalue weighted by Gasteiger charge is 2.78. The third-order valence-corrected chi connectivity index (χ3v) is 6.47. The van der Waals surface area contributed by atoms with Crippen molar-refractivity contribution in [3.8, 4) is 0 Å². The van der Waals surface area contributed by atoms with E-state index in [0.29, 0.717) is 10.0 Å². The van der Waals surface area contributed by atoms with Crippen molar-refractivity contribution < 1.29 is 9.59 Å². The van der Waals surface area contributed by atoms with E-state index in [-0.39, 0.29) is 30.2 Å². The molecule has 2 fully saturated rings. The fraction of sp³-hybridized carbons (Fsp3) is 0.167. The maximum Gasteiger partial charge on any atom is 0.234 e. The predicted molar refractivity (Wildman–Crippen MR) is 113 cm³/mol. The summed E-state index contributed by atoms with van der Waals surface area (Å²) in [5, 5.41) is 0.972. The molecule has 0 N–H and O–H groups in total. The Bertz CT molecular complexity index is 1030. The fourth-order valence-corrected chi connectivity index (χ4v) is 5.43. The Balaban J connectivity index is 1.52. The first kappa shape index (κ1) is 18.4. The second-order valence-electron chi connectivity index (χ2n) is 7.60. The zero-order valence-corrected chi connectivity index (χ0v) is 16.9. The fourth-order valence-electron chi connectivity index (χ4n) is 4.86. The largest absolute Gasteiger partial charge is 0.278 e. The summed E-state index contributed by atoms with van der Waals surface area (Å²) in [5.74, 6) is -1.03. The van der Waals surface area contributed by atoms with Gasteiger partial charge in [0.05, 0.1) is 18.4 Å². The van der Waals surface area contributed by atoms with Gasteiger partial charge in [-0.25, -0.2) is 0 Å². The van der Waals surface area contributed by atoms with Gasteiger partial charge in [-0.2, -0.15) is 0 Å². The highest BCUT2D eigenvalue weighted by atomic mass is 35.5. The minimum absolute atomic E-state index is 0.135. The first-order valence-corrected chi connectivity index (χ1v) is 10.2. The number of carbonyl (C=O) groups excluding carboxylic acids is 2.